The molecule has 2 aromatic carbocycles. The predicted molar refractivity (Wildman–Crippen MR) is 105 cm³/mol. The van der Waals surface area contributed by atoms with Gasteiger partial charge in [-0.05, 0) is 18.1 Å². The molecule has 1 N–H and O–H groups in total. The lowest BCUT2D eigenvalue weighted by Crippen LogP contribution is -2.32. The van der Waals surface area contributed by atoms with Crippen molar-refractivity contribution in [3.63, 3.8) is 0 Å². The standard InChI is InChI=1S/C21H22N2O5/c1-4-17(21(25)26-2)18-13-9-8-12-16(18)14-28-23-20(24)19(22-27-3)15-10-6-5-7-11-15/h4-13H,14H2,1-3H3,(H,23,24). The summed E-state index contributed by atoms with van der Waals surface area (Å²) in [5, 5.41) is 3.77. The van der Waals surface area contributed by atoms with Crippen molar-refractivity contribution in [3.05, 3.63) is 77.4 Å². The second-order valence-corrected chi connectivity index (χ2v) is 5.56. The Morgan fingerprint density at radius 2 is 1.71 bits per heavy atom. The van der Waals surface area contributed by atoms with Crippen LogP contribution in [0.2, 0.25) is 0 Å². The zero-order chi connectivity index (χ0) is 20.4. The summed E-state index contributed by atoms with van der Waals surface area (Å²) in [5.74, 6) is -0.998. The number of nitrogens with zero attached hydrogens (tertiary/aromatic N) is 1. The highest BCUT2D eigenvalue weighted by Crippen LogP contribution is 2.21. The maximum Gasteiger partial charge on any atom is 0.338 e. The average molecular weight is 382 g/mol. The zero-order valence-electron chi connectivity index (χ0n) is 16.0. The van der Waals surface area contributed by atoms with Crippen molar-refractivity contribution in [3.8, 4) is 0 Å². The van der Waals surface area contributed by atoms with Crippen molar-refractivity contribution in [2.75, 3.05) is 14.2 Å². The number of oxime groups is 1. The summed E-state index contributed by atoms with van der Waals surface area (Å²) < 4.78 is 4.82. The first-order valence-corrected chi connectivity index (χ1v) is 8.54. The number of carbonyl (C=O) groups is 2. The average Bonchev–Trinajstić information content (AvgIpc) is 2.73. The quantitative estimate of drug-likeness (QED) is 0.328. The Balaban J connectivity index is 2.10. The third-order valence-corrected chi connectivity index (χ3v) is 3.84. The van der Waals surface area contributed by atoms with Crippen LogP contribution >= 0.6 is 0 Å². The SMILES string of the molecule is CC=C(C(=O)OC)c1ccccc1CONC(=O)C(=NOC)c1ccccc1. The summed E-state index contributed by atoms with van der Waals surface area (Å²) >= 11 is 0. The first-order chi connectivity index (χ1) is 13.6. The monoisotopic (exact) mass is 382 g/mol. The summed E-state index contributed by atoms with van der Waals surface area (Å²) in [4.78, 5) is 34.5. The van der Waals surface area contributed by atoms with Gasteiger partial charge >= 0.3 is 5.97 Å². The van der Waals surface area contributed by atoms with Gasteiger partial charge in [-0.25, -0.2) is 10.3 Å². The smallest absolute Gasteiger partial charge is 0.338 e. The normalized spacial score (nSPS) is 11.7. The van der Waals surface area contributed by atoms with Gasteiger partial charge in [0.05, 0.1) is 12.7 Å². The highest BCUT2D eigenvalue weighted by Gasteiger charge is 2.17. The lowest BCUT2D eigenvalue weighted by Gasteiger charge is -2.12. The molecule has 0 aliphatic rings. The van der Waals surface area contributed by atoms with Crippen LogP contribution in [0.4, 0.5) is 0 Å². The van der Waals surface area contributed by atoms with Gasteiger partial charge in [0, 0.05) is 5.56 Å². The number of benzene rings is 2. The molecule has 0 aliphatic heterocycles. The Kier molecular flexibility index (Phi) is 7.92. The Bertz CT molecular complexity index is 875. The molecule has 146 valence electrons. The van der Waals surface area contributed by atoms with E-state index in [1.807, 2.05) is 18.2 Å². The van der Waals surface area contributed by atoms with E-state index in [0.29, 0.717) is 22.3 Å². The first-order valence-electron chi connectivity index (χ1n) is 8.54. The van der Waals surface area contributed by atoms with Crippen LogP contribution in [0.3, 0.4) is 0 Å². The summed E-state index contributed by atoms with van der Waals surface area (Å²) in [6, 6.07) is 16.1. The van der Waals surface area contributed by atoms with Crippen LogP contribution < -0.4 is 5.48 Å². The molecule has 0 aromatic heterocycles. The van der Waals surface area contributed by atoms with Gasteiger partial charge in [-0.1, -0.05) is 65.8 Å². The number of esters is 1. The maximum absolute atomic E-state index is 12.4. The van der Waals surface area contributed by atoms with Crippen LogP contribution in [0, 0.1) is 0 Å². The molecule has 0 spiro atoms. The third kappa shape index (κ3) is 5.28. The fraction of sp³-hybridized carbons (Fsp3) is 0.190. The van der Waals surface area contributed by atoms with Crippen molar-refractivity contribution < 1.29 is 24.0 Å². The number of ether oxygens (including phenoxy) is 1. The number of hydrogen-bond acceptors (Lipinski definition) is 6. The van der Waals surface area contributed by atoms with Gasteiger partial charge in [0.1, 0.15) is 13.7 Å². The molecule has 7 nitrogen and oxygen atoms in total. The van der Waals surface area contributed by atoms with E-state index < -0.39 is 11.9 Å². The minimum absolute atomic E-state index is 0.0469. The van der Waals surface area contributed by atoms with Crippen molar-refractivity contribution in [1.29, 1.82) is 0 Å². The number of hydrogen-bond donors (Lipinski definition) is 1. The third-order valence-electron chi connectivity index (χ3n) is 3.84. The molecular weight excluding hydrogens is 360 g/mol. The van der Waals surface area contributed by atoms with Gasteiger partial charge in [0.15, 0.2) is 5.71 Å². The number of allylic oxidation sites excluding steroid dienone is 1. The Morgan fingerprint density at radius 3 is 2.36 bits per heavy atom. The molecule has 0 fully saturated rings. The van der Waals surface area contributed by atoms with Crippen LogP contribution in [0.25, 0.3) is 5.57 Å². The minimum atomic E-state index is -0.551. The molecule has 0 heterocycles. The second-order valence-electron chi connectivity index (χ2n) is 5.56. The van der Waals surface area contributed by atoms with Crippen LogP contribution in [0.15, 0.2) is 65.8 Å². The summed E-state index contributed by atoms with van der Waals surface area (Å²) in [6.45, 7) is 1.80. The lowest BCUT2D eigenvalue weighted by atomic mass is 10.00. The molecule has 0 saturated heterocycles. The molecular formula is C21H22N2O5. The minimum Gasteiger partial charge on any atom is -0.465 e. The fourth-order valence-corrected chi connectivity index (χ4v) is 2.54. The van der Waals surface area contributed by atoms with Gasteiger partial charge < -0.3 is 9.57 Å². The molecule has 0 bridgehead atoms. The zero-order valence-corrected chi connectivity index (χ0v) is 16.0. The second kappa shape index (κ2) is 10.6. The summed E-state index contributed by atoms with van der Waals surface area (Å²) in [5.41, 5.74) is 4.83. The van der Waals surface area contributed by atoms with E-state index in [1.165, 1.54) is 14.2 Å². The van der Waals surface area contributed by atoms with Gasteiger partial charge in [-0.15, -0.1) is 0 Å². The molecule has 1 amide bonds. The molecule has 0 radical (unpaired) electrons. The molecule has 28 heavy (non-hydrogen) atoms. The Hall–Kier alpha value is -3.45. The van der Waals surface area contributed by atoms with Gasteiger partial charge in [0.2, 0.25) is 0 Å². The number of amides is 1. The van der Waals surface area contributed by atoms with Crippen LogP contribution in [-0.2, 0) is 30.6 Å². The van der Waals surface area contributed by atoms with Gasteiger partial charge in [-0.3, -0.25) is 9.63 Å². The van der Waals surface area contributed by atoms with E-state index in [-0.39, 0.29) is 12.3 Å². The van der Waals surface area contributed by atoms with E-state index in [2.05, 4.69) is 10.6 Å². The van der Waals surface area contributed by atoms with Crippen molar-refractivity contribution in [1.82, 2.24) is 5.48 Å². The molecule has 0 aliphatic carbocycles. The molecule has 0 saturated carbocycles. The highest BCUT2D eigenvalue weighted by molar-refractivity contribution is 6.44. The van der Waals surface area contributed by atoms with E-state index in [4.69, 9.17) is 14.4 Å². The number of hydroxylamine groups is 1. The van der Waals surface area contributed by atoms with Gasteiger partial charge in [0.25, 0.3) is 5.91 Å². The molecule has 7 heteroatoms. The Labute approximate surface area is 163 Å². The highest BCUT2D eigenvalue weighted by atomic mass is 16.7. The lowest BCUT2D eigenvalue weighted by molar-refractivity contribution is -0.133. The van der Waals surface area contributed by atoms with E-state index in [9.17, 15) is 9.59 Å². The number of carbonyl (C=O) groups excluding carboxylic acids is 2. The first kappa shape index (κ1) is 20.9. The topological polar surface area (TPSA) is 86.2 Å². The van der Waals surface area contributed by atoms with Crippen molar-refractivity contribution >= 4 is 23.2 Å². The summed E-state index contributed by atoms with van der Waals surface area (Å²) in [6.07, 6.45) is 1.67. The number of nitrogens with one attached hydrogen (secondary N) is 1. The fourth-order valence-electron chi connectivity index (χ4n) is 2.54. The molecule has 0 unspecified atom stereocenters. The number of methoxy groups -OCH3 is 1. The van der Waals surface area contributed by atoms with E-state index >= 15 is 0 Å². The maximum atomic E-state index is 12.4. The van der Waals surface area contributed by atoms with Crippen LogP contribution in [0.1, 0.15) is 23.6 Å². The molecule has 2 aromatic rings. The van der Waals surface area contributed by atoms with Crippen LogP contribution in [-0.4, -0.2) is 31.8 Å². The summed E-state index contributed by atoms with van der Waals surface area (Å²) in [7, 11) is 2.68. The molecule has 0 atom stereocenters. The van der Waals surface area contributed by atoms with Gasteiger partial charge in [-0.2, -0.15) is 0 Å². The predicted octanol–water partition coefficient (Wildman–Crippen LogP) is 2.86. The van der Waals surface area contributed by atoms with E-state index in [0.717, 1.165) is 0 Å². The van der Waals surface area contributed by atoms with Crippen molar-refractivity contribution in [2.45, 2.75) is 13.5 Å². The largest absolute Gasteiger partial charge is 0.465 e. The Morgan fingerprint density at radius 1 is 1.04 bits per heavy atom. The molecule has 2 rings (SSSR count). The van der Waals surface area contributed by atoms with E-state index in [1.54, 1.807) is 49.4 Å². The van der Waals surface area contributed by atoms with Crippen molar-refractivity contribution in [2.24, 2.45) is 5.16 Å². The number of rotatable bonds is 8. The van der Waals surface area contributed by atoms with Crippen LogP contribution in [0.5, 0.6) is 0 Å².